The fourth-order valence-electron chi connectivity index (χ4n) is 3.64. The minimum atomic E-state index is -0.0502. The quantitative estimate of drug-likeness (QED) is 0.794. The lowest BCUT2D eigenvalue weighted by molar-refractivity contribution is 0.254. The Hall–Kier alpha value is -2.59. The maximum Gasteiger partial charge on any atom is 0.248 e. The van der Waals surface area contributed by atoms with Gasteiger partial charge in [-0.25, -0.2) is 0 Å². The molecular weight excluding hydrogens is 312 g/mol. The fraction of sp³-hybridized carbons (Fsp3) is 0.286. The van der Waals surface area contributed by atoms with Gasteiger partial charge in [0.2, 0.25) is 5.56 Å². The average molecular weight is 334 g/mol. The third kappa shape index (κ3) is 3.30. The van der Waals surface area contributed by atoms with Gasteiger partial charge in [0.05, 0.1) is 0 Å². The first kappa shape index (κ1) is 15.9. The Bertz CT molecular complexity index is 977. The lowest BCUT2D eigenvalue weighted by Crippen LogP contribution is -2.19. The molecule has 1 N–H and O–H groups in total. The van der Waals surface area contributed by atoms with Gasteiger partial charge in [-0.1, -0.05) is 30.3 Å². The zero-order valence-corrected chi connectivity index (χ0v) is 14.6. The van der Waals surface area contributed by atoms with E-state index < -0.39 is 0 Å². The van der Waals surface area contributed by atoms with Gasteiger partial charge in [-0.15, -0.1) is 0 Å². The molecule has 3 aromatic rings. The summed E-state index contributed by atoms with van der Waals surface area (Å²) in [6.07, 6.45) is 1.25. The van der Waals surface area contributed by atoms with Crippen molar-refractivity contribution in [3.63, 3.8) is 0 Å². The highest BCUT2D eigenvalue weighted by molar-refractivity contribution is 5.81. The van der Waals surface area contributed by atoms with E-state index in [1.54, 1.807) is 6.07 Å². The first-order valence-corrected chi connectivity index (χ1v) is 8.66. The van der Waals surface area contributed by atoms with Gasteiger partial charge in [0.15, 0.2) is 0 Å². The minimum absolute atomic E-state index is 0.0502. The molecule has 1 aliphatic heterocycles. The van der Waals surface area contributed by atoms with Gasteiger partial charge in [0.1, 0.15) is 11.9 Å². The Balaban J connectivity index is 1.54. The van der Waals surface area contributed by atoms with Crippen molar-refractivity contribution in [3.8, 4) is 5.75 Å². The fourth-order valence-corrected chi connectivity index (χ4v) is 3.64. The van der Waals surface area contributed by atoms with Gasteiger partial charge < -0.3 is 9.72 Å². The normalized spacial score (nSPS) is 16.2. The van der Waals surface area contributed by atoms with Crippen LogP contribution in [0.3, 0.4) is 0 Å². The standard InChI is InChI=1S/C21H22N2O2/c1-14-9-16-10-15(7-8-20(16)25-14)12-23(2)13-17-11-21(24)22-19-6-4-3-5-18(17)19/h3-8,10-11,14H,9,12-13H2,1-2H3,(H,22,24). The van der Waals surface area contributed by atoms with Crippen molar-refractivity contribution in [1.29, 1.82) is 0 Å². The molecule has 0 bridgehead atoms. The molecule has 0 fully saturated rings. The summed E-state index contributed by atoms with van der Waals surface area (Å²) in [5, 5.41) is 1.10. The third-order valence-electron chi connectivity index (χ3n) is 4.69. The van der Waals surface area contributed by atoms with Gasteiger partial charge in [0, 0.05) is 36.5 Å². The van der Waals surface area contributed by atoms with E-state index in [0.717, 1.165) is 41.7 Å². The first-order chi connectivity index (χ1) is 12.1. The number of aromatic nitrogens is 1. The summed E-state index contributed by atoms with van der Waals surface area (Å²) in [5.41, 5.74) is 4.46. The lowest BCUT2D eigenvalue weighted by Gasteiger charge is -2.18. The highest BCUT2D eigenvalue weighted by atomic mass is 16.5. The van der Waals surface area contributed by atoms with Crippen LogP contribution in [-0.2, 0) is 19.5 Å². The van der Waals surface area contributed by atoms with E-state index in [0.29, 0.717) is 0 Å². The Kier molecular flexibility index (Phi) is 4.06. The van der Waals surface area contributed by atoms with Crippen LogP contribution in [0, 0.1) is 0 Å². The van der Waals surface area contributed by atoms with E-state index in [4.69, 9.17) is 4.74 Å². The first-order valence-electron chi connectivity index (χ1n) is 8.66. The van der Waals surface area contributed by atoms with Crippen LogP contribution in [0.4, 0.5) is 0 Å². The Morgan fingerprint density at radius 3 is 2.88 bits per heavy atom. The molecule has 0 radical (unpaired) electrons. The Morgan fingerprint density at radius 2 is 2.00 bits per heavy atom. The number of pyridine rings is 1. The molecule has 0 saturated heterocycles. The number of rotatable bonds is 4. The van der Waals surface area contributed by atoms with Crippen LogP contribution in [0.2, 0.25) is 0 Å². The summed E-state index contributed by atoms with van der Waals surface area (Å²) in [7, 11) is 2.09. The van der Waals surface area contributed by atoms with Gasteiger partial charge in [-0.05, 0) is 42.8 Å². The van der Waals surface area contributed by atoms with Crippen molar-refractivity contribution in [1.82, 2.24) is 9.88 Å². The largest absolute Gasteiger partial charge is 0.490 e. The van der Waals surface area contributed by atoms with Gasteiger partial charge in [-0.2, -0.15) is 0 Å². The van der Waals surface area contributed by atoms with Gasteiger partial charge in [-0.3, -0.25) is 9.69 Å². The molecule has 0 amide bonds. The van der Waals surface area contributed by atoms with E-state index in [2.05, 4.69) is 48.1 Å². The van der Waals surface area contributed by atoms with Crippen LogP contribution >= 0.6 is 0 Å². The number of fused-ring (bicyclic) bond motifs is 2. The molecule has 0 spiro atoms. The average Bonchev–Trinajstić information content (AvgIpc) is 2.94. The van der Waals surface area contributed by atoms with Crippen LogP contribution in [0.25, 0.3) is 10.9 Å². The number of ether oxygens (including phenoxy) is 1. The number of benzene rings is 2. The zero-order valence-electron chi connectivity index (χ0n) is 14.6. The smallest absolute Gasteiger partial charge is 0.248 e. The summed E-state index contributed by atoms with van der Waals surface area (Å²) < 4.78 is 5.77. The van der Waals surface area contributed by atoms with Gasteiger partial charge >= 0.3 is 0 Å². The van der Waals surface area contributed by atoms with Crippen molar-refractivity contribution in [3.05, 3.63) is 75.6 Å². The molecule has 0 saturated carbocycles. The van der Waals surface area contributed by atoms with E-state index >= 15 is 0 Å². The number of hydrogen-bond acceptors (Lipinski definition) is 3. The summed E-state index contributed by atoms with van der Waals surface area (Å²) in [4.78, 5) is 17.1. The molecule has 4 rings (SSSR count). The SMILES string of the molecule is CC1Cc2cc(CN(C)Cc3cc(=O)[nH]c4ccccc34)ccc2O1. The van der Waals surface area contributed by atoms with Crippen LogP contribution in [0.15, 0.2) is 53.3 Å². The minimum Gasteiger partial charge on any atom is -0.490 e. The second-order valence-electron chi connectivity index (χ2n) is 6.95. The number of H-pyrrole nitrogens is 1. The maximum atomic E-state index is 11.9. The van der Waals surface area contributed by atoms with Crippen molar-refractivity contribution < 1.29 is 4.74 Å². The summed E-state index contributed by atoms with van der Waals surface area (Å²) in [5.74, 6) is 1.01. The summed E-state index contributed by atoms with van der Waals surface area (Å²) >= 11 is 0. The molecule has 4 heteroatoms. The summed E-state index contributed by atoms with van der Waals surface area (Å²) in [6.45, 7) is 3.67. The zero-order chi connectivity index (χ0) is 17.4. The Labute approximate surface area is 147 Å². The highest BCUT2D eigenvalue weighted by Crippen LogP contribution is 2.29. The third-order valence-corrected chi connectivity index (χ3v) is 4.69. The predicted octanol–water partition coefficient (Wildman–Crippen LogP) is 3.48. The molecule has 1 aromatic heterocycles. The number of nitrogens with zero attached hydrogens (tertiary/aromatic N) is 1. The lowest BCUT2D eigenvalue weighted by atomic mass is 10.1. The number of para-hydroxylation sites is 1. The maximum absolute atomic E-state index is 11.9. The van der Waals surface area contributed by atoms with Crippen LogP contribution in [0.1, 0.15) is 23.6 Å². The van der Waals surface area contributed by atoms with Crippen LogP contribution in [-0.4, -0.2) is 23.0 Å². The second kappa shape index (κ2) is 6.37. The highest BCUT2D eigenvalue weighted by Gasteiger charge is 2.19. The molecule has 2 aromatic carbocycles. The molecular formula is C21H22N2O2. The van der Waals surface area contributed by atoms with Crippen molar-refractivity contribution >= 4 is 10.9 Å². The van der Waals surface area contributed by atoms with Crippen molar-refractivity contribution in [2.24, 2.45) is 0 Å². The van der Waals surface area contributed by atoms with Crippen LogP contribution < -0.4 is 10.3 Å². The van der Waals surface area contributed by atoms with Crippen molar-refractivity contribution in [2.75, 3.05) is 7.05 Å². The molecule has 128 valence electrons. The second-order valence-corrected chi connectivity index (χ2v) is 6.95. The number of aromatic amines is 1. The molecule has 4 nitrogen and oxygen atoms in total. The molecule has 25 heavy (non-hydrogen) atoms. The molecule has 1 unspecified atom stereocenters. The van der Waals surface area contributed by atoms with Crippen LogP contribution in [0.5, 0.6) is 5.75 Å². The number of nitrogens with one attached hydrogen (secondary N) is 1. The molecule has 1 atom stereocenters. The van der Waals surface area contributed by atoms with Gasteiger partial charge in [0.25, 0.3) is 0 Å². The monoisotopic (exact) mass is 334 g/mol. The molecule has 1 aliphatic rings. The Morgan fingerprint density at radius 1 is 1.16 bits per heavy atom. The van der Waals surface area contributed by atoms with E-state index in [1.165, 1.54) is 11.1 Å². The summed E-state index contributed by atoms with van der Waals surface area (Å²) in [6, 6.07) is 16.1. The van der Waals surface area contributed by atoms with E-state index in [-0.39, 0.29) is 11.7 Å². The van der Waals surface area contributed by atoms with Crippen molar-refractivity contribution in [2.45, 2.75) is 32.5 Å². The number of hydrogen-bond donors (Lipinski definition) is 1. The predicted molar refractivity (Wildman–Crippen MR) is 100.0 cm³/mol. The molecule has 0 aliphatic carbocycles. The van der Waals surface area contributed by atoms with E-state index in [1.807, 2.05) is 18.2 Å². The topological polar surface area (TPSA) is 45.3 Å². The van der Waals surface area contributed by atoms with E-state index in [9.17, 15) is 4.79 Å². The molecule has 2 heterocycles.